The molecule has 0 amide bonds. The number of rotatable bonds is 6. The number of aromatic nitrogens is 2. The van der Waals surface area contributed by atoms with Crippen molar-refractivity contribution in [3.05, 3.63) is 46.7 Å². The Bertz CT molecular complexity index is 788. The largest absolute Gasteiger partial charge is 0.493 e. The lowest BCUT2D eigenvalue weighted by Crippen LogP contribution is -2.40. The van der Waals surface area contributed by atoms with Crippen LogP contribution in [-0.2, 0) is 7.05 Å². The van der Waals surface area contributed by atoms with E-state index in [1.807, 2.05) is 50.1 Å². The lowest BCUT2D eigenvalue weighted by molar-refractivity contribution is 0.308. The van der Waals surface area contributed by atoms with Crippen LogP contribution in [0, 0.1) is 6.92 Å². The van der Waals surface area contributed by atoms with Crippen LogP contribution in [-0.4, -0.2) is 53.9 Å². The van der Waals surface area contributed by atoms with Crippen molar-refractivity contribution in [2.24, 2.45) is 12.0 Å². The topological polar surface area (TPSA) is 54.7 Å². The molecule has 0 radical (unpaired) electrons. The summed E-state index contributed by atoms with van der Waals surface area (Å²) in [5, 5.41) is 8.48. The molecule has 0 saturated carbocycles. The smallest absolute Gasteiger partial charge is 0.193 e. The Morgan fingerprint density at radius 1 is 1.44 bits per heavy atom. The van der Waals surface area contributed by atoms with Gasteiger partial charge < -0.3 is 15.0 Å². The predicted octanol–water partition coefficient (Wildman–Crippen LogP) is 3.22. The number of likely N-dealkylation sites (tertiary alicyclic amines) is 1. The molecule has 1 aromatic carbocycles. The molecule has 2 heterocycles. The van der Waals surface area contributed by atoms with Crippen LogP contribution in [0.4, 0.5) is 0 Å². The first-order valence-corrected chi connectivity index (χ1v) is 9.77. The van der Waals surface area contributed by atoms with Gasteiger partial charge in [0.2, 0.25) is 0 Å². The molecular formula is C20H28ClN5O. The van der Waals surface area contributed by atoms with Crippen molar-refractivity contribution in [2.45, 2.75) is 25.7 Å². The number of aliphatic imine (C=N–C) groups is 1. The highest BCUT2D eigenvalue weighted by molar-refractivity contribution is 6.30. The molecule has 146 valence electrons. The Kier molecular flexibility index (Phi) is 6.61. The lowest BCUT2D eigenvalue weighted by atomic mass is 10.0. The van der Waals surface area contributed by atoms with E-state index >= 15 is 0 Å². The normalized spacial score (nSPS) is 17.4. The third-order valence-corrected chi connectivity index (χ3v) is 5.13. The number of nitrogens with one attached hydrogen (secondary N) is 1. The zero-order valence-electron chi connectivity index (χ0n) is 16.3. The molecule has 1 aromatic heterocycles. The van der Waals surface area contributed by atoms with E-state index in [1.165, 1.54) is 5.56 Å². The molecule has 1 saturated heterocycles. The monoisotopic (exact) mass is 389 g/mol. The number of benzene rings is 1. The molecule has 7 heteroatoms. The molecule has 2 aromatic rings. The number of aryl methyl sites for hydroxylation is 2. The van der Waals surface area contributed by atoms with Gasteiger partial charge in [0.05, 0.1) is 12.8 Å². The Labute approximate surface area is 166 Å². The second-order valence-corrected chi connectivity index (χ2v) is 7.40. The van der Waals surface area contributed by atoms with E-state index < -0.39 is 0 Å². The molecular weight excluding hydrogens is 362 g/mol. The number of halogens is 1. The van der Waals surface area contributed by atoms with Gasteiger partial charge in [-0.25, -0.2) is 0 Å². The fourth-order valence-corrected chi connectivity index (χ4v) is 3.66. The second-order valence-electron chi connectivity index (χ2n) is 6.96. The quantitative estimate of drug-likeness (QED) is 0.468. The number of nitrogens with zero attached hydrogens (tertiary/aromatic N) is 4. The van der Waals surface area contributed by atoms with E-state index in [0.717, 1.165) is 54.8 Å². The van der Waals surface area contributed by atoms with E-state index in [-0.39, 0.29) is 0 Å². The van der Waals surface area contributed by atoms with Gasteiger partial charge in [-0.05, 0) is 49.1 Å². The van der Waals surface area contributed by atoms with E-state index in [0.29, 0.717) is 12.5 Å². The Morgan fingerprint density at radius 2 is 2.30 bits per heavy atom. The predicted molar refractivity (Wildman–Crippen MR) is 110 cm³/mol. The number of hydrogen-bond donors (Lipinski definition) is 1. The summed E-state index contributed by atoms with van der Waals surface area (Å²) < 4.78 is 7.72. The van der Waals surface area contributed by atoms with Crippen molar-refractivity contribution in [2.75, 3.05) is 33.3 Å². The molecule has 27 heavy (non-hydrogen) atoms. The van der Waals surface area contributed by atoms with Gasteiger partial charge in [-0.3, -0.25) is 9.67 Å². The van der Waals surface area contributed by atoms with Crippen molar-refractivity contribution in [3.8, 4) is 5.75 Å². The zero-order chi connectivity index (χ0) is 19.2. The van der Waals surface area contributed by atoms with Crippen LogP contribution in [0.5, 0.6) is 5.75 Å². The minimum absolute atomic E-state index is 0.522. The Balaban J connectivity index is 1.40. The number of ether oxygens (including phenoxy) is 1. The van der Waals surface area contributed by atoms with Gasteiger partial charge in [0.1, 0.15) is 5.75 Å². The maximum atomic E-state index is 5.98. The minimum atomic E-state index is 0.522. The van der Waals surface area contributed by atoms with Gasteiger partial charge >= 0.3 is 0 Å². The maximum Gasteiger partial charge on any atom is 0.193 e. The highest BCUT2D eigenvalue weighted by atomic mass is 35.5. The highest BCUT2D eigenvalue weighted by Gasteiger charge is 2.26. The van der Waals surface area contributed by atoms with E-state index in [2.05, 4.69) is 26.5 Å². The molecule has 0 spiro atoms. The van der Waals surface area contributed by atoms with Gasteiger partial charge in [0, 0.05) is 50.9 Å². The van der Waals surface area contributed by atoms with Crippen molar-refractivity contribution in [3.63, 3.8) is 0 Å². The number of hydrogen-bond acceptors (Lipinski definition) is 3. The summed E-state index contributed by atoms with van der Waals surface area (Å²) in [5.74, 6) is 2.38. The second kappa shape index (κ2) is 9.13. The molecule has 0 aliphatic carbocycles. The van der Waals surface area contributed by atoms with Crippen LogP contribution >= 0.6 is 11.6 Å². The Hall–Kier alpha value is -2.21. The van der Waals surface area contributed by atoms with Crippen LogP contribution in [0.3, 0.4) is 0 Å². The fraction of sp³-hybridized carbons (Fsp3) is 0.500. The summed E-state index contributed by atoms with van der Waals surface area (Å²) in [7, 11) is 3.80. The molecule has 1 aliphatic rings. The molecule has 0 bridgehead atoms. The Morgan fingerprint density at radius 3 is 3.00 bits per heavy atom. The summed E-state index contributed by atoms with van der Waals surface area (Å²) in [5.41, 5.74) is 2.37. The zero-order valence-corrected chi connectivity index (χ0v) is 17.0. The summed E-state index contributed by atoms with van der Waals surface area (Å²) in [6, 6.07) is 5.70. The molecule has 3 rings (SSSR count). The highest BCUT2D eigenvalue weighted by Crippen LogP contribution is 2.26. The van der Waals surface area contributed by atoms with Crippen LogP contribution in [0.25, 0.3) is 0 Å². The molecule has 1 aliphatic heterocycles. The first-order valence-electron chi connectivity index (χ1n) is 9.40. The average Bonchev–Trinajstić information content (AvgIpc) is 3.29. The van der Waals surface area contributed by atoms with Crippen LogP contribution < -0.4 is 10.1 Å². The fourth-order valence-electron chi connectivity index (χ4n) is 3.44. The third-order valence-electron chi connectivity index (χ3n) is 4.89. The SMILES string of the molecule is CN=C(NCCCOc1ccc(Cl)cc1C)N1CCC(c2cnn(C)c2)C1. The average molecular weight is 390 g/mol. The van der Waals surface area contributed by atoms with Gasteiger partial charge in [-0.2, -0.15) is 5.10 Å². The van der Waals surface area contributed by atoms with Crippen LogP contribution in [0.15, 0.2) is 35.6 Å². The number of guanidine groups is 1. The maximum absolute atomic E-state index is 5.98. The summed E-state index contributed by atoms with van der Waals surface area (Å²) in [4.78, 5) is 6.76. The molecule has 6 nitrogen and oxygen atoms in total. The van der Waals surface area contributed by atoms with E-state index in [4.69, 9.17) is 16.3 Å². The standard InChI is InChI=1S/C20H28ClN5O/c1-15-11-18(21)5-6-19(15)27-10-4-8-23-20(22-2)26-9-7-16(14-26)17-12-24-25(3)13-17/h5-6,11-13,16H,4,7-10,14H2,1-3H3,(H,22,23). The first-order chi connectivity index (χ1) is 13.1. The van der Waals surface area contributed by atoms with E-state index in [9.17, 15) is 0 Å². The van der Waals surface area contributed by atoms with Crippen LogP contribution in [0.2, 0.25) is 5.02 Å². The minimum Gasteiger partial charge on any atom is -0.493 e. The van der Waals surface area contributed by atoms with Crippen molar-refractivity contribution in [1.82, 2.24) is 20.0 Å². The molecule has 1 unspecified atom stereocenters. The first kappa shape index (κ1) is 19.5. The van der Waals surface area contributed by atoms with E-state index in [1.54, 1.807) is 0 Å². The van der Waals surface area contributed by atoms with Crippen molar-refractivity contribution in [1.29, 1.82) is 0 Å². The van der Waals surface area contributed by atoms with Gasteiger partial charge in [0.15, 0.2) is 5.96 Å². The summed E-state index contributed by atoms with van der Waals surface area (Å²) in [6.07, 6.45) is 6.12. The van der Waals surface area contributed by atoms with Gasteiger partial charge in [0.25, 0.3) is 0 Å². The van der Waals surface area contributed by atoms with Crippen molar-refractivity contribution < 1.29 is 4.74 Å². The summed E-state index contributed by atoms with van der Waals surface area (Å²) >= 11 is 5.98. The van der Waals surface area contributed by atoms with Crippen LogP contribution in [0.1, 0.15) is 29.9 Å². The summed E-state index contributed by atoms with van der Waals surface area (Å²) in [6.45, 7) is 5.48. The lowest BCUT2D eigenvalue weighted by Gasteiger charge is -2.21. The van der Waals surface area contributed by atoms with Gasteiger partial charge in [-0.1, -0.05) is 11.6 Å². The third kappa shape index (κ3) is 5.16. The molecule has 1 atom stereocenters. The van der Waals surface area contributed by atoms with Crippen molar-refractivity contribution >= 4 is 17.6 Å². The molecule has 1 fully saturated rings. The molecule has 1 N–H and O–H groups in total. The van der Waals surface area contributed by atoms with Gasteiger partial charge in [-0.15, -0.1) is 0 Å².